The maximum atomic E-state index is 13.2. The minimum Gasteiger partial charge on any atom is -0.450 e. The zero-order valence-electron chi connectivity index (χ0n) is 22.4. The molecule has 3 heterocycles. The van der Waals surface area contributed by atoms with Crippen LogP contribution in [0.15, 0.2) is 41.3 Å². The predicted octanol–water partition coefficient (Wildman–Crippen LogP) is 3.34. The van der Waals surface area contributed by atoms with E-state index < -0.39 is 16.1 Å². The molecule has 0 saturated carbocycles. The van der Waals surface area contributed by atoms with Crippen molar-refractivity contribution in [3.05, 3.63) is 53.1 Å². The van der Waals surface area contributed by atoms with Crippen LogP contribution in [0.2, 0.25) is 0 Å². The monoisotopic (exact) mass is 571 g/mol. The fourth-order valence-electron chi connectivity index (χ4n) is 5.03. The summed E-state index contributed by atoms with van der Waals surface area (Å²) < 4.78 is 33.8. The minimum atomic E-state index is -3.73. The molecule has 0 N–H and O–H groups in total. The zero-order chi connectivity index (χ0) is 27.7. The van der Waals surface area contributed by atoms with Crippen molar-refractivity contribution in [1.82, 2.24) is 19.1 Å². The Morgan fingerprint density at radius 2 is 1.56 bits per heavy atom. The Bertz CT molecular complexity index is 1470. The van der Waals surface area contributed by atoms with Crippen LogP contribution in [0.5, 0.6) is 0 Å². The molecule has 2 fully saturated rings. The van der Waals surface area contributed by atoms with Crippen molar-refractivity contribution in [3.63, 3.8) is 0 Å². The van der Waals surface area contributed by atoms with Gasteiger partial charge in [-0.25, -0.2) is 18.2 Å². The van der Waals surface area contributed by atoms with Gasteiger partial charge in [0.05, 0.1) is 21.7 Å². The van der Waals surface area contributed by atoms with Crippen LogP contribution in [-0.4, -0.2) is 98.5 Å². The van der Waals surface area contributed by atoms with Crippen LogP contribution in [0.3, 0.4) is 0 Å². The summed E-state index contributed by atoms with van der Waals surface area (Å²) in [5.41, 5.74) is 3.90. The summed E-state index contributed by atoms with van der Waals surface area (Å²) in [6, 6.07) is 10.4. The molecular formula is C27H33N5O5S2. The van der Waals surface area contributed by atoms with E-state index in [1.54, 1.807) is 35.3 Å². The second kappa shape index (κ2) is 11.1. The number of thiazole rings is 1. The van der Waals surface area contributed by atoms with Crippen molar-refractivity contribution >= 4 is 48.7 Å². The first-order valence-electron chi connectivity index (χ1n) is 13.1. The molecule has 2 saturated heterocycles. The quantitative estimate of drug-likeness (QED) is 0.463. The lowest BCUT2D eigenvalue weighted by Crippen LogP contribution is -2.50. The van der Waals surface area contributed by atoms with Crippen molar-refractivity contribution < 1.29 is 22.7 Å². The molecule has 208 valence electrons. The smallest absolute Gasteiger partial charge is 0.409 e. The predicted molar refractivity (Wildman–Crippen MR) is 151 cm³/mol. The Labute approximate surface area is 232 Å². The van der Waals surface area contributed by atoms with E-state index in [0.717, 1.165) is 10.6 Å². The maximum Gasteiger partial charge on any atom is 0.409 e. The van der Waals surface area contributed by atoms with E-state index in [1.807, 2.05) is 0 Å². The first-order valence-corrected chi connectivity index (χ1v) is 15.4. The number of sulfonamides is 1. The molecule has 1 aromatic heterocycles. The molecule has 2 aromatic carbocycles. The lowest BCUT2D eigenvalue weighted by atomic mass is 10.1. The molecule has 0 bridgehead atoms. The number of fused-ring (bicyclic) bond motifs is 1. The third-order valence-electron chi connectivity index (χ3n) is 7.15. The average Bonchev–Trinajstić information content (AvgIpc) is 3.37. The summed E-state index contributed by atoms with van der Waals surface area (Å²) in [5.74, 6) is -0.114. The van der Waals surface area contributed by atoms with Crippen LogP contribution in [0.4, 0.5) is 9.93 Å². The number of nitrogens with zero attached hydrogens (tertiary/aromatic N) is 5. The topological polar surface area (TPSA) is 103 Å². The molecule has 0 atom stereocenters. The normalized spacial score (nSPS) is 17.1. The van der Waals surface area contributed by atoms with Gasteiger partial charge in [-0.2, -0.15) is 4.31 Å². The second-order valence-electron chi connectivity index (χ2n) is 9.82. The molecule has 2 aliphatic rings. The summed E-state index contributed by atoms with van der Waals surface area (Å²) in [4.78, 5) is 35.6. The fraction of sp³-hybridized carbons (Fsp3) is 0.444. The number of aromatic nitrogens is 1. The van der Waals surface area contributed by atoms with Crippen molar-refractivity contribution in [2.45, 2.75) is 25.7 Å². The van der Waals surface area contributed by atoms with Gasteiger partial charge in [0.2, 0.25) is 10.0 Å². The molecule has 12 heteroatoms. The van der Waals surface area contributed by atoms with Gasteiger partial charge >= 0.3 is 6.09 Å². The molecule has 3 aromatic rings. The van der Waals surface area contributed by atoms with Crippen LogP contribution in [0, 0.1) is 13.8 Å². The number of ether oxygens (including phenoxy) is 1. The van der Waals surface area contributed by atoms with Gasteiger partial charge < -0.3 is 19.4 Å². The third-order valence-corrected chi connectivity index (χ3v) is 10.3. The number of carbonyl (C=O) groups excluding carboxylic acids is 2. The number of anilines is 1. The van der Waals surface area contributed by atoms with Gasteiger partial charge in [0.1, 0.15) is 0 Å². The highest BCUT2D eigenvalue weighted by atomic mass is 32.2. The van der Waals surface area contributed by atoms with E-state index in [9.17, 15) is 18.0 Å². The van der Waals surface area contributed by atoms with Gasteiger partial charge in [0, 0.05) is 57.9 Å². The van der Waals surface area contributed by atoms with Crippen molar-refractivity contribution in [2.75, 3.05) is 63.9 Å². The Hall–Kier alpha value is -3.22. The largest absolute Gasteiger partial charge is 0.450 e. The Kier molecular flexibility index (Phi) is 7.79. The van der Waals surface area contributed by atoms with E-state index in [2.05, 4.69) is 30.9 Å². The molecule has 2 amide bonds. The molecule has 39 heavy (non-hydrogen) atoms. The molecule has 10 nitrogen and oxygen atoms in total. The summed E-state index contributed by atoms with van der Waals surface area (Å²) in [6.07, 6.45) is -0.427. The van der Waals surface area contributed by atoms with Crippen LogP contribution < -0.4 is 4.90 Å². The Morgan fingerprint density at radius 1 is 0.923 bits per heavy atom. The molecule has 0 unspecified atom stereocenters. The van der Waals surface area contributed by atoms with Gasteiger partial charge in [-0.3, -0.25) is 4.79 Å². The highest BCUT2D eigenvalue weighted by molar-refractivity contribution is 7.89. The molecular weight excluding hydrogens is 538 g/mol. The lowest BCUT2D eigenvalue weighted by molar-refractivity contribution is 0.0746. The van der Waals surface area contributed by atoms with E-state index in [-0.39, 0.29) is 43.6 Å². The van der Waals surface area contributed by atoms with Crippen LogP contribution >= 0.6 is 11.3 Å². The van der Waals surface area contributed by atoms with Crippen LogP contribution in [0.1, 0.15) is 28.4 Å². The first kappa shape index (κ1) is 27.4. The van der Waals surface area contributed by atoms with E-state index in [0.29, 0.717) is 31.7 Å². The van der Waals surface area contributed by atoms with Gasteiger partial charge in [0.25, 0.3) is 5.91 Å². The van der Waals surface area contributed by atoms with Crippen LogP contribution in [0.25, 0.3) is 10.2 Å². The Balaban J connectivity index is 1.19. The molecule has 0 aliphatic carbocycles. The second-order valence-corrected chi connectivity index (χ2v) is 12.7. The van der Waals surface area contributed by atoms with Gasteiger partial charge in [0.15, 0.2) is 5.13 Å². The van der Waals surface area contributed by atoms with Crippen molar-refractivity contribution in [2.24, 2.45) is 0 Å². The van der Waals surface area contributed by atoms with Gasteiger partial charge in [-0.15, -0.1) is 0 Å². The number of hydrogen-bond acceptors (Lipinski definition) is 8. The van der Waals surface area contributed by atoms with Crippen LogP contribution in [-0.2, 0) is 14.8 Å². The highest BCUT2D eigenvalue weighted by Gasteiger charge is 2.31. The lowest BCUT2D eigenvalue weighted by Gasteiger charge is -2.34. The fourth-order valence-corrected chi connectivity index (χ4v) is 7.52. The third kappa shape index (κ3) is 5.59. The number of amides is 2. The van der Waals surface area contributed by atoms with E-state index in [1.165, 1.54) is 37.2 Å². The molecule has 0 spiro atoms. The molecule has 2 aliphatic heterocycles. The number of piperazine rings is 2. The summed E-state index contributed by atoms with van der Waals surface area (Å²) >= 11 is 1.69. The Morgan fingerprint density at radius 3 is 2.21 bits per heavy atom. The van der Waals surface area contributed by atoms with Crippen molar-refractivity contribution in [3.8, 4) is 0 Å². The number of hydrogen-bond donors (Lipinski definition) is 0. The van der Waals surface area contributed by atoms with Crippen molar-refractivity contribution in [1.29, 1.82) is 0 Å². The summed E-state index contributed by atoms with van der Waals surface area (Å²) in [6.45, 7) is 9.65. The van der Waals surface area contributed by atoms with E-state index in [4.69, 9.17) is 9.72 Å². The number of carbonyl (C=O) groups is 2. The van der Waals surface area contributed by atoms with Gasteiger partial charge in [-0.1, -0.05) is 17.4 Å². The minimum absolute atomic E-state index is 0.114. The number of aryl methyl sites for hydroxylation is 2. The molecule has 5 rings (SSSR count). The maximum absolute atomic E-state index is 13.2. The average molecular weight is 572 g/mol. The number of benzene rings is 2. The zero-order valence-corrected chi connectivity index (χ0v) is 24.1. The summed E-state index contributed by atoms with van der Waals surface area (Å²) in [5, 5.41) is 0.975. The van der Waals surface area contributed by atoms with Gasteiger partial charge in [-0.05, 0) is 62.2 Å². The molecule has 0 radical (unpaired) electrons. The summed E-state index contributed by atoms with van der Waals surface area (Å²) in [7, 11) is -3.73. The highest BCUT2D eigenvalue weighted by Crippen LogP contribution is 2.32. The van der Waals surface area contributed by atoms with E-state index >= 15 is 0 Å². The standard InChI is InChI=1S/C27H33N5O5S2/c1-4-37-27(34)31-13-15-32(16-14-31)39(35,36)22-7-5-21(6-8-22)25(33)29-9-11-30(12-10-29)26-28-23-18-19(2)17-20(3)24(23)38-26/h5-8,17-18H,4,9-16H2,1-3H3. The SMILES string of the molecule is CCOC(=O)N1CCN(S(=O)(=O)c2ccc(C(=O)N3CCN(c4nc5cc(C)cc(C)c5s4)CC3)cc2)CC1. The first-order chi connectivity index (χ1) is 18.7. The number of rotatable bonds is 5.